The molecule has 1 aliphatic heterocycles. The maximum atomic E-state index is 12.3. The largest absolute Gasteiger partial charge is 0.493 e. The summed E-state index contributed by atoms with van der Waals surface area (Å²) in [6, 6.07) is 7.65. The number of rotatable bonds is 5. The molecule has 4 heteroatoms. The molecule has 0 aliphatic carbocycles. The Labute approximate surface area is 120 Å². The lowest BCUT2D eigenvalue weighted by atomic mass is 9.92. The zero-order valence-corrected chi connectivity index (χ0v) is 12.2. The Kier molecular flexibility index (Phi) is 4.65. The van der Waals surface area contributed by atoms with E-state index in [1.807, 2.05) is 31.2 Å². The van der Waals surface area contributed by atoms with Gasteiger partial charge in [-0.1, -0.05) is 31.5 Å². The predicted molar refractivity (Wildman–Crippen MR) is 77.8 cm³/mol. The summed E-state index contributed by atoms with van der Waals surface area (Å²) >= 11 is 0. The van der Waals surface area contributed by atoms with Crippen LogP contribution < -0.4 is 10.1 Å². The average molecular weight is 277 g/mol. The summed E-state index contributed by atoms with van der Waals surface area (Å²) in [6.07, 6.45) is 2.25. The van der Waals surface area contributed by atoms with Gasteiger partial charge in [0.25, 0.3) is 0 Å². The summed E-state index contributed by atoms with van der Waals surface area (Å²) in [7, 11) is 0. The minimum absolute atomic E-state index is 0.0304. The van der Waals surface area contributed by atoms with Crippen molar-refractivity contribution < 1.29 is 14.6 Å². The number of benzene rings is 1. The molecular formula is C16H23NO3. The van der Waals surface area contributed by atoms with E-state index in [1.165, 1.54) is 0 Å². The summed E-state index contributed by atoms with van der Waals surface area (Å²) < 4.78 is 5.56. The Bertz CT molecular complexity index is 471. The van der Waals surface area contributed by atoms with Gasteiger partial charge >= 0.3 is 0 Å². The van der Waals surface area contributed by atoms with Crippen LogP contribution in [0.1, 0.15) is 44.6 Å². The van der Waals surface area contributed by atoms with Crippen LogP contribution in [0.25, 0.3) is 0 Å². The first-order chi connectivity index (χ1) is 9.53. The molecule has 1 heterocycles. The minimum Gasteiger partial charge on any atom is -0.493 e. The van der Waals surface area contributed by atoms with Crippen LogP contribution in [0.15, 0.2) is 24.3 Å². The first-order valence-electron chi connectivity index (χ1n) is 7.25. The fourth-order valence-corrected chi connectivity index (χ4v) is 2.64. The summed E-state index contributed by atoms with van der Waals surface area (Å²) in [6.45, 7) is 4.62. The van der Waals surface area contributed by atoms with E-state index in [2.05, 4.69) is 5.32 Å². The van der Waals surface area contributed by atoms with Gasteiger partial charge in [0.15, 0.2) is 0 Å². The molecule has 0 aromatic heterocycles. The smallest absolute Gasteiger partial charge is 0.227 e. The van der Waals surface area contributed by atoms with Crippen LogP contribution in [0, 0.1) is 0 Å². The highest BCUT2D eigenvalue weighted by Gasteiger charge is 2.29. The summed E-state index contributed by atoms with van der Waals surface area (Å²) in [4.78, 5) is 12.3. The molecule has 0 radical (unpaired) electrons. The van der Waals surface area contributed by atoms with Crippen LogP contribution >= 0.6 is 0 Å². The van der Waals surface area contributed by atoms with Crippen LogP contribution in [-0.2, 0) is 4.79 Å². The highest BCUT2D eigenvalue weighted by Crippen LogP contribution is 2.33. The third-order valence-electron chi connectivity index (χ3n) is 3.71. The summed E-state index contributed by atoms with van der Waals surface area (Å²) in [5, 5.41) is 13.0. The lowest BCUT2D eigenvalue weighted by Crippen LogP contribution is -2.43. The summed E-state index contributed by atoms with van der Waals surface area (Å²) in [5.74, 6) is 0.578. The van der Waals surface area contributed by atoms with Crippen molar-refractivity contribution in [3.05, 3.63) is 29.8 Å². The number of para-hydroxylation sites is 1. The third kappa shape index (κ3) is 3.51. The van der Waals surface area contributed by atoms with Gasteiger partial charge < -0.3 is 15.2 Å². The molecule has 0 bridgehead atoms. The fourth-order valence-electron chi connectivity index (χ4n) is 2.64. The van der Waals surface area contributed by atoms with E-state index in [4.69, 9.17) is 4.74 Å². The minimum atomic E-state index is -0.838. The van der Waals surface area contributed by atoms with E-state index >= 15 is 0 Å². The molecule has 1 aliphatic rings. The lowest BCUT2D eigenvalue weighted by molar-refractivity contribution is -0.124. The first kappa shape index (κ1) is 14.9. The maximum Gasteiger partial charge on any atom is 0.227 e. The molecule has 1 aromatic carbocycles. The van der Waals surface area contributed by atoms with Crippen molar-refractivity contribution in [1.29, 1.82) is 0 Å². The second kappa shape index (κ2) is 6.27. The molecule has 0 fully saturated rings. The Hall–Kier alpha value is -1.55. The van der Waals surface area contributed by atoms with Gasteiger partial charge in [-0.15, -0.1) is 0 Å². The van der Waals surface area contributed by atoms with Crippen molar-refractivity contribution in [2.45, 2.75) is 44.6 Å². The van der Waals surface area contributed by atoms with Crippen molar-refractivity contribution in [2.75, 3.05) is 13.2 Å². The zero-order chi connectivity index (χ0) is 14.6. The predicted octanol–water partition coefficient (Wildman–Crippen LogP) is 2.22. The topological polar surface area (TPSA) is 58.6 Å². The van der Waals surface area contributed by atoms with Gasteiger partial charge in [0, 0.05) is 12.1 Å². The number of aliphatic hydroxyl groups is 1. The van der Waals surface area contributed by atoms with E-state index in [1.54, 1.807) is 6.92 Å². The number of carbonyl (C=O) groups is 1. The van der Waals surface area contributed by atoms with Gasteiger partial charge in [0.1, 0.15) is 5.75 Å². The number of nitrogens with one attached hydrogen (secondary N) is 1. The molecule has 2 N–H and O–H groups in total. The number of fused-ring (bicyclic) bond motifs is 1. The third-order valence-corrected chi connectivity index (χ3v) is 3.71. The van der Waals surface area contributed by atoms with E-state index in [0.717, 1.165) is 17.7 Å². The SMILES string of the molecule is CCCC(C)(O)CNC(=O)C1CCOc2ccccc21. The number of amides is 1. The molecule has 1 aromatic rings. The Balaban J connectivity index is 2.01. The zero-order valence-electron chi connectivity index (χ0n) is 12.2. The second-order valence-electron chi connectivity index (χ2n) is 5.69. The normalized spacial score (nSPS) is 20.4. The highest BCUT2D eigenvalue weighted by molar-refractivity contribution is 5.84. The van der Waals surface area contributed by atoms with Crippen molar-refractivity contribution in [1.82, 2.24) is 5.32 Å². The van der Waals surface area contributed by atoms with E-state index in [0.29, 0.717) is 26.0 Å². The molecule has 110 valence electrons. The van der Waals surface area contributed by atoms with E-state index in [-0.39, 0.29) is 11.8 Å². The molecule has 2 atom stereocenters. The van der Waals surface area contributed by atoms with Crippen molar-refractivity contribution in [3.8, 4) is 5.75 Å². The van der Waals surface area contributed by atoms with Gasteiger partial charge in [-0.25, -0.2) is 0 Å². The van der Waals surface area contributed by atoms with Gasteiger partial charge in [0.05, 0.1) is 18.1 Å². The molecule has 2 unspecified atom stereocenters. The number of hydrogen-bond donors (Lipinski definition) is 2. The Morgan fingerprint density at radius 1 is 1.50 bits per heavy atom. The van der Waals surface area contributed by atoms with Crippen LogP contribution in [0.3, 0.4) is 0 Å². The highest BCUT2D eigenvalue weighted by atomic mass is 16.5. The van der Waals surface area contributed by atoms with Crippen LogP contribution in [0.5, 0.6) is 5.75 Å². The molecule has 0 spiro atoms. The molecule has 20 heavy (non-hydrogen) atoms. The fraction of sp³-hybridized carbons (Fsp3) is 0.562. The monoisotopic (exact) mass is 277 g/mol. The molecule has 4 nitrogen and oxygen atoms in total. The molecule has 0 saturated carbocycles. The Morgan fingerprint density at radius 3 is 3.00 bits per heavy atom. The maximum absolute atomic E-state index is 12.3. The van der Waals surface area contributed by atoms with Crippen LogP contribution in [-0.4, -0.2) is 29.8 Å². The number of carbonyl (C=O) groups excluding carboxylic acids is 1. The van der Waals surface area contributed by atoms with Gasteiger partial charge in [0.2, 0.25) is 5.91 Å². The van der Waals surface area contributed by atoms with Crippen LogP contribution in [0.2, 0.25) is 0 Å². The summed E-state index contributed by atoms with van der Waals surface area (Å²) in [5.41, 5.74) is 0.0983. The average Bonchev–Trinajstić information content (AvgIpc) is 2.44. The van der Waals surface area contributed by atoms with E-state index in [9.17, 15) is 9.90 Å². The second-order valence-corrected chi connectivity index (χ2v) is 5.69. The van der Waals surface area contributed by atoms with E-state index < -0.39 is 5.60 Å². The quantitative estimate of drug-likeness (QED) is 0.867. The number of hydrogen-bond acceptors (Lipinski definition) is 3. The molecule has 2 rings (SSSR count). The van der Waals surface area contributed by atoms with Crippen molar-refractivity contribution in [3.63, 3.8) is 0 Å². The van der Waals surface area contributed by atoms with Crippen LogP contribution in [0.4, 0.5) is 0 Å². The molecule has 1 amide bonds. The number of ether oxygens (including phenoxy) is 1. The molecule has 0 saturated heterocycles. The van der Waals surface area contributed by atoms with Gasteiger partial charge in [-0.3, -0.25) is 4.79 Å². The lowest BCUT2D eigenvalue weighted by Gasteiger charge is -2.27. The standard InChI is InChI=1S/C16H23NO3/c1-3-9-16(2,19)11-17-15(18)13-8-10-20-14-7-5-4-6-12(13)14/h4-7,13,19H,3,8-11H2,1-2H3,(H,17,18). The van der Waals surface area contributed by atoms with Gasteiger partial charge in [-0.05, 0) is 25.8 Å². The Morgan fingerprint density at radius 2 is 2.25 bits per heavy atom. The van der Waals surface area contributed by atoms with Crippen molar-refractivity contribution in [2.24, 2.45) is 0 Å². The molecular weight excluding hydrogens is 254 g/mol. The first-order valence-corrected chi connectivity index (χ1v) is 7.25. The van der Waals surface area contributed by atoms with Gasteiger partial charge in [-0.2, -0.15) is 0 Å². The van der Waals surface area contributed by atoms with Crippen molar-refractivity contribution >= 4 is 5.91 Å².